The van der Waals surface area contributed by atoms with Crippen molar-refractivity contribution in [3.8, 4) is 11.6 Å². The first-order valence-electron chi connectivity index (χ1n) is 5.59. The molecular weight excluding hydrogens is 286 g/mol. The van der Waals surface area contributed by atoms with Crippen LogP contribution in [0.3, 0.4) is 0 Å². The first-order chi connectivity index (χ1) is 8.28. The van der Waals surface area contributed by atoms with Crippen LogP contribution in [0, 0.1) is 0 Å². The third-order valence-corrected chi connectivity index (χ3v) is 3.43. The van der Waals surface area contributed by atoms with Gasteiger partial charge in [-0.1, -0.05) is 0 Å². The second-order valence-electron chi connectivity index (χ2n) is 4.14. The van der Waals surface area contributed by atoms with E-state index in [1.807, 2.05) is 16.8 Å². The van der Waals surface area contributed by atoms with Crippen LogP contribution in [0.1, 0.15) is 24.6 Å². The zero-order valence-electron chi connectivity index (χ0n) is 9.14. The van der Waals surface area contributed by atoms with Gasteiger partial charge in [-0.2, -0.15) is 0 Å². The Morgan fingerprint density at radius 2 is 2.41 bits per heavy atom. The van der Waals surface area contributed by atoms with Gasteiger partial charge in [-0.15, -0.1) is 5.10 Å². The molecule has 1 unspecified atom stereocenters. The molecule has 3 heterocycles. The van der Waals surface area contributed by atoms with Crippen LogP contribution in [-0.4, -0.2) is 26.5 Å². The molecule has 0 saturated carbocycles. The van der Waals surface area contributed by atoms with Gasteiger partial charge < -0.3 is 9.52 Å². The number of furan rings is 1. The van der Waals surface area contributed by atoms with Gasteiger partial charge in [-0.25, -0.2) is 9.67 Å². The Bertz CT molecular complexity index is 535. The molecule has 1 aliphatic heterocycles. The van der Waals surface area contributed by atoms with E-state index in [-0.39, 0.29) is 12.5 Å². The van der Waals surface area contributed by atoms with E-state index in [9.17, 15) is 5.11 Å². The SMILES string of the molecule is OCC1CCCn2nc(-c3ccc(Br)o3)nc21. The molecule has 2 aromatic rings. The van der Waals surface area contributed by atoms with Gasteiger partial charge in [0.25, 0.3) is 0 Å². The summed E-state index contributed by atoms with van der Waals surface area (Å²) >= 11 is 3.26. The number of halogens is 1. The number of hydrogen-bond donors (Lipinski definition) is 1. The summed E-state index contributed by atoms with van der Waals surface area (Å²) in [7, 11) is 0. The van der Waals surface area contributed by atoms with E-state index in [2.05, 4.69) is 26.0 Å². The molecular formula is C11H12BrN3O2. The number of rotatable bonds is 2. The van der Waals surface area contributed by atoms with Crippen molar-refractivity contribution in [3.63, 3.8) is 0 Å². The Morgan fingerprint density at radius 3 is 3.12 bits per heavy atom. The van der Waals surface area contributed by atoms with E-state index in [4.69, 9.17) is 4.42 Å². The van der Waals surface area contributed by atoms with Gasteiger partial charge in [0.05, 0.1) is 6.61 Å². The molecule has 0 amide bonds. The standard InChI is InChI=1S/C11H12BrN3O2/c12-9-4-3-8(17-9)10-13-11-7(6-16)2-1-5-15(11)14-10/h3-4,7,16H,1-2,5-6H2. The predicted molar refractivity (Wildman–Crippen MR) is 64.5 cm³/mol. The van der Waals surface area contributed by atoms with Crippen molar-refractivity contribution in [2.75, 3.05) is 6.61 Å². The van der Waals surface area contributed by atoms with Crippen LogP contribution >= 0.6 is 15.9 Å². The molecule has 3 rings (SSSR count). The maximum atomic E-state index is 9.31. The highest BCUT2D eigenvalue weighted by Gasteiger charge is 2.24. The van der Waals surface area contributed by atoms with Crippen molar-refractivity contribution in [3.05, 3.63) is 22.6 Å². The quantitative estimate of drug-likeness (QED) is 0.923. The second-order valence-corrected chi connectivity index (χ2v) is 4.92. The number of aliphatic hydroxyl groups excluding tert-OH is 1. The summed E-state index contributed by atoms with van der Waals surface area (Å²) in [5, 5.41) is 13.7. The lowest BCUT2D eigenvalue weighted by molar-refractivity contribution is 0.234. The molecule has 0 fully saturated rings. The Hall–Kier alpha value is -1.14. The van der Waals surface area contributed by atoms with Gasteiger partial charge in [-0.3, -0.25) is 0 Å². The average molecular weight is 298 g/mol. The van der Waals surface area contributed by atoms with Crippen molar-refractivity contribution < 1.29 is 9.52 Å². The van der Waals surface area contributed by atoms with Gasteiger partial charge in [-0.05, 0) is 40.9 Å². The Kier molecular flexibility index (Phi) is 2.76. The van der Waals surface area contributed by atoms with Gasteiger partial charge in [0.1, 0.15) is 5.82 Å². The fourth-order valence-electron chi connectivity index (χ4n) is 2.15. The van der Waals surface area contributed by atoms with Gasteiger partial charge in [0.2, 0.25) is 5.82 Å². The van der Waals surface area contributed by atoms with Crippen molar-refractivity contribution in [1.29, 1.82) is 0 Å². The molecule has 90 valence electrons. The lowest BCUT2D eigenvalue weighted by atomic mass is 10.0. The largest absolute Gasteiger partial charge is 0.446 e. The van der Waals surface area contributed by atoms with Crippen LogP contribution in [0.5, 0.6) is 0 Å². The predicted octanol–water partition coefficient (Wildman–Crippen LogP) is 2.17. The molecule has 0 aliphatic carbocycles. The first kappa shape index (κ1) is 11.0. The second kappa shape index (κ2) is 4.27. The number of hydrogen-bond acceptors (Lipinski definition) is 4. The number of nitrogens with zero attached hydrogens (tertiary/aromatic N) is 3. The number of fused-ring (bicyclic) bond motifs is 1. The average Bonchev–Trinajstić information content (AvgIpc) is 2.93. The summed E-state index contributed by atoms with van der Waals surface area (Å²) in [5.74, 6) is 2.20. The minimum atomic E-state index is 0.100. The monoisotopic (exact) mass is 297 g/mol. The molecule has 1 N–H and O–H groups in total. The zero-order valence-corrected chi connectivity index (χ0v) is 10.7. The summed E-state index contributed by atoms with van der Waals surface area (Å²) < 4.78 is 7.97. The molecule has 1 aliphatic rings. The molecule has 0 spiro atoms. The molecule has 6 heteroatoms. The van der Waals surface area contributed by atoms with E-state index < -0.39 is 0 Å². The Morgan fingerprint density at radius 1 is 1.53 bits per heavy atom. The Labute approximate surface area is 107 Å². The summed E-state index contributed by atoms with van der Waals surface area (Å²) in [6.45, 7) is 0.987. The molecule has 1 atom stereocenters. The normalized spacial score (nSPS) is 19.3. The van der Waals surface area contributed by atoms with Gasteiger partial charge in [0.15, 0.2) is 10.4 Å². The van der Waals surface area contributed by atoms with Crippen molar-refractivity contribution >= 4 is 15.9 Å². The van der Waals surface area contributed by atoms with Crippen LogP contribution < -0.4 is 0 Å². The van der Waals surface area contributed by atoms with E-state index in [0.29, 0.717) is 16.3 Å². The van der Waals surface area contributed by atoms with Crippen molar-refractivity contribution in [1.82, 2.24) is 14.8 Å². The number of aromatic nitrogens is 3. The lowest BCUT2D eigenvalue weighted by Crippen LogP contribution is -2.19. The van der Waals surface area contributed by atoms with Crippen molar-refractivity contribution in [2.24, 2.45) is 0 Å². The molecule has 2 aromatic heterocycles. The number of aliphatic hydroxyl groups is 1. The summed E-state index contributed by atoms with van der Waals surface area (Å²) in [4.78, 5) is 4.46. The fraction of sp³-hybridized carbons (Fsp3) is 0.455. The van der Waals surface area contributed by atoms with Gasteiger partial charge >= 0.3 is 0 Å². The van der Waals surface area contributed by atoms with E-state index in [1.54, 1.807) is 0 Å². The van der Waals surface area contributed by atoms with Gasteiger partial charge in [0, 0.05) is 12.5 Å². The molecule has 5 nitrogen and oxygen atoms in total. The summed E-state index contributed by atoms with van der Waals surface area (Å²) in [6, 6.07) is 3.65. The minimum absolute atomic E-state index is 0.100. The van der Waals surface area contributed by atoms with Crippen molar-refractivity contribution in [2.45, 2.75) is 25.3 Å². The maximum Gasteiger partial charge on any atom is 0.217 e. The fourth-order valence-corrected chi connectivity index (χ4v) is 2.46. The van der Waals surface area contributed by atoms with E-state index in [1.165, 1.54) is 0 Å². The zero-order chi connectivity index (χ0) is 11.8. The van der Waals surface area contributed by atoms with E-state index >= 15 is 0 Å². The Balaban J connectivity index is 2.01. The smallest absolute Gasteiger partial charge is 0.217 e. The van der Waals surface area contributed by atoms with Crippen LogP contribution in [0.4, 0.5) is 0 Å². The third kappa shape index (κ3) is 1.91. The van der Waals surface area contributed by atoms with Crippen LogP contribution in [0.15, 0.2) is 21.2 Å². The number of aryl methyl sites for hydroxylation is 1. The third-order valence-electron chi connectivity index (χ3n) is 3.00. The van der Waals surface area contributed by atoms with E-state index in [0.717, 1.165) is 25.2 Å². The summed E-state index contributed by atoms with van der Waals surface area (Å²) in [6.07, 6.45) is 2.00. The highest BCUT2D eigenvalue weighted by Crippen LogP contribution is 2.28. The highest BCUT2D eigenvalue weighted by atomic mass is 79.9. The van der Waals surface area contributed by atoms with Crippen LogP contribution in [0.2, 0.25) is 0 Å². The molecule has 0 saturated heterocycles. The minimum Gasteiger partial charge on any atom is -0.446 e. The maximum absolute atomic E-state index is 9.31. The highest BCUT2D eigenvalue weighted by molar-refractivity contribution is 9.10. The topological polar surface area (TPSA) is 64.1 Å². The lowest BCUT2D eigenvalue weighted by Gasteiger charge is -2.19. The first-order valence-corrected chi connectivity index (χ1v) is 6.38. The molecule has 17 heavy (non-hydrogen) atoms. The van der Waals surface area contributed by atoms with Crippen LogP contribution in [-0.2, 0) is 6.54 Å². The molecule has 0 bridgehead atoms. The summed E-state index contributed by atoms with van der Waals surface area (Å²) in [5.41, 5.74) is 0. The molecule has 0 radical (unpaired) electrons. The molecule has 0 aromatic carbocycles. The van der Waals surface area contributed by atoms with Crippen LogP contribution in [0.25, 0.3) is 11.6 Å².